The molecule has 1 aromatic rings. The maximum atomic E-state index is 5.74. The van der Waals surface area contributed by atoms with Crippen LogP contribution in [0.5, 0.6) is 5.75 Å². The Morgan fingerprint density at radius 3 is 2.84 bits per heavy atom. The lowest BCUT2D eigenvalue weighted by Crippen LogP contribution is -2.25. The van der Waals surface area contributed by atoms with Crippen LogP contribution in [0, 0.1) is 5.92 Å². The molecule has 0 aromatic heterocycles. The molecule has 1 aliphatic rings. The quantitative estimate of drug-likeness (QED) is 0.836. The van der Waals surface area contributed by atoms with Crippen molar-refractivity contribution < 1.29 is 4.74 Å². The molecule has 106 valence electrons. The molecule has 2 rings (SSSR count). The summed E-state index contributed by atoms with van der Waals surface area (Å²) in [6.45, 7) is 8.79. The molecule has 1 N–H and O–H groups in total. The van der Waals surface area contributed by atoms with Crippen LogP contribution in [0.3, 0.4) is 0 Å². The van der Waals surface area contributed by atoms with E-state index in [9.17, 15) is 0 Å². The summed E-state index contributed by atoms with van der Waals surface area (Å²) in [5.41, 5.74) is 1.41. The minimum atomic E-state index is 0.594. The normalized spacial score (nSPS) is 19.9. The molecule has 2 nitrogen and oxygen atoms in total. The van der Waals surface area contributed by atoms with Crippen LogP contribution in [-0.4, -0.2) is 19.2 Å². The van der Waals surface area contributed by atoms with E-state index in [0.29, 0.717) is 12.0 Å². The molecule has 0 saturated heterocycles. The van der Waals surface area contributed by atoms with E-state index in [1.54, 1.807) is 0 Å². The van der Waals surface area contributed by atoms with Crippen LogP contribution in [0.15, 0.2) is 24.3 Å². The Hall–Kier alpha value is -1.02. The molecule has 0 bridgehead atoms. The van der Waals surface area contributed by atoms with Gasteiger partial charge in [-0.15, -0.1) is 0 Å². The summed E-state index contributed by atoms with van der Waals surface area (Å²) in [7, 11) is 0. The van der Waals surface area contributed by atoms with Crippen LogP contribution in [0.1, 0.15) is 51.5 Å². The molecule has 1 heterocycles. The predicted octanol–water partition coefficient (Wildman–Crippen LogP) is 3.97. The van der Waals surface area contributed by atoms with E-state index in [2.05, 4.69) is 50.4 Å². The maximum Gasteiger partial charge on any atom is 0.122 e. The van der Waals surface area contributed by atoms with E-state index < -0.39 is 0 Å². The number of hydrogen-bond donors (Lipinski definition) is 1. The van der Waals surface area contributed by atoms with Gasteiger partial charge in [-0.25, -0.2) is 0 Å². The lowest BCUT2D eigenvalue weighted by atomic mass is 9.84. The second kappa shape index (κ2) is 6.95. The van der Waals surface area contributed by atoms with Crippen LogP contribution in [0.2, 0.25) is 0 Å². The SMILES string of the molecule is CC(CCNC(C)C)CC1CCOc2ccccc21. The predicted molar refractivity (Wildman–Crippen MR) is 80.8 cm³/mol. The topological polar surface area (TPSA) is 21.3 Å². The second-order valence-corrected chi connectivity index (χ2v) is 6.11. The molecule has 19 heavy (non-hydrogen) atoms. The zero-order valence-corrected chi connectivity index (χ0v) is 12.5. The Labute approximate surface area is 117 Å². The first kappa shape index (κ1) is 14.4. The van der Waals surface area contributed by atoms with Gasteiger partial charge in [-0.2, -0.15) is 0 Å². The lowest BCUT2D eigenvalue weighted by molar-refractivity contribution is 0.251. The summed E-state index contributed by atoms with van der Waals surface area (Å²) in [5, 5.41) is 3.51. The maximum absolute atomic E-state index is 5.74. The third kappa shape index (κ3) is 4.24. The average molecular weight is 261 g/mol. The van der Waals surface area contributed by atoms with E-state index in [0.717, 1.165) is 24.8 Å². The first-order valence-corrected chi connectivity index (χ1v) is 7.62. The largest absolute Gasteiger partial charge is 0.493 e. The molecule has 2 heteroatoms. The van der Waals surface area contributed by atoms with Gasteiger partial charge in [0, 0.05) is 6.04 Å². The molecule has 0 aliphatic carbocycles. The molecule has 0 fully saturated rings. The zero-order chi connectivity index (χ0) is 13.7. The number of benzene rings is 1. The summed E-state index contributed by atoms with van der Waals surface area (Å²) in [5.74, 6) is 2.55. The smallest absolute Gasteiger partial charge is 0.122 e. The monoisotopic (exact) mass is 261 g/mol. The van der Waals surface area contributed by atoms with Gasteiger partial charge in [0.05, 0.1) is 6.61 Å². The summed E-state index contributed by atoms with van der Waals surface area (Å²) < 4.78 is 5.74. The molecule has 0 amide bonds. The molecular weight excluding hydrogens is 234 g/mol. The number of hydrogen-bond acceptors (Lipinski definition) is 2. The molecule has 1 aromatic carbocycles. The van der Waals surface area contributed by atoms with Crippen molar-refractivity contribution >= 4 is 0 Å². The molecule has 0 saturated carbocycles. The van der Waals surface area contributed by atoms with E-state index >= 15 is 0 Å². The van der Waals surface area contributed by atoms with E-state index in [1.807, 2.05) is 0 Å². The third-order valence-corrected chi connectivity index (χ3v) is 3.96. The molecule has 0 radical (unpaired) electrons. The lowest BCUT2D eigenvalue weighted by Gasteiger charge is -2.28. The number of rotatable bonds is 6. The average Bonchev–Trinajstić information content (AvgIpc) is 2.39. The van der Waals surface area contributed by atoms with Gasteiger partial charge in [-0.1, -0.05) is 39.0 Å². The molecule has 1 aliphatic heterocycles. The third-order valence-electron chi connectivity index (χ3n) is 3.96. The second-order valence-electron chi connectivity index (χ2n) is 6.11. The highest BCUT2D eigenvalue weighted by molar-refractivity contribution is 5.37. The van der Waals surface area contributed by atoms with Gasteiger partial charge in [-0.3, -0.25) is 0 Å². The van der Waals surface area contributed by atoms with Gasteiger partial charge in [0.25, 0.3) is 0 Å². The van der Waals surface area contributed by atoms with Crippen LogP contribution < -0.4 is 10.1 Å². The van der Waals surface area contributed by atoms with Crippen molar-refractivity contribution in [1.29, 1.82) is 0 Å². The van der Waals surface area contributed by atoms with Crippen molar-refractivity contribution in [1.82, 2.24) is 5.32 Å². The molecular formula is C17H27NO. The highest BCUT2D eigenvalue weighted by Gasteiger charge is 2.22. The highest BCUT2D eigenvalue weighted by atomic mass is 16.5. The Kier molecular flexibility index (Phi) is 5.26. The molecule has 0 spiro atoms. The van der Waals surface area contributed by atoms with Crippen molar-refractivity contribution in [3.8, 4) is 5.75 Å². The summed E-state index contributed by atoms with van der Waals surface area (Å²) >= 11 is 0. The van der Waals surface area contributed by atoms with Crippen molar-refractivity contribution in [2.45, 2.75) is 52.0 Å². The zero-order valence-electron chi connectivity index (χ0n) is 12.5. The van der Waals surface area contributed by atoms with Gasteiger partial charge in [0.2, 0.25) is 0 Å². The fourth-order valence-electron chi connectivity index (χ4n) is 2.88. The molecule has 2 atom stereocenters. The Balaban J connectivity index is 1.86. The minimum absolute atomic E-state index is 0.594. The van der Waals surface area contributed by atoms with Crippen molar-refractivity contribution in [3.63, 3.8) is 0 Å². The van der Waals surface area contributed by atoms with E-state index in [-0.39, 0.29) is 0 Å². The fourth-order valence-corrected chi connectivity index (χ4v) is 2.88. The Bertz CT molecular complexity index is 389. The summed E-state index contributed by atoms with van der Waals surface area (Å²) in [6, 6.07) is 9.13. The Morgan fingerprint density at radius 2 is 2.05 bits per heavy atom. The standard InChI is InChI=1S/C17H27NO/c1-13(2)18-10-8-14(3)12-15-9-11-19-17-7-5-4-6-16(15)17/h4-7,13-15,18H,8-12H2,1-3H3. The van der Waals surface area contributed by atoms with Gasteiger partial charge in [-0.05, 0) is 49.3 Å². The fraction of sp³-hybridized carbons (Fsp3) is 0.647. The van der Waals surface area contributed by atoms with Crippen LogP contribution in [0.4, 0.5) is 0 Å². The van der Waals surface area contributed by atoms with E-state index in [1.165, 1.54) is 24.8 Å². The van der Waals surface area contributed by atoms with Gasteiger partial charge >= 0.3 is 0 Å². The first-order valence-electron chi connectivity index (χ1n) is 7.62. The van der Waals surface area contributed by atoms with Gasteiger partial charge < -0.3 is 10.1 Å². The first-order chi connectivity index (χ1) is 9.16. The molecule has 2 unspecified atom stereocenters. The Morgan fingerprint density at radius 1 is 1.26 bits per heavy atom. The van der Waals surface area contributed by atoms with Gasteiger partial charge in [0.1, 0.15) is 5.75 Å². The van der Waals surface area contributed by atoms with Crippen molar-refractivity contribution in [3.05, 3.63) is 29.8 Å². The number of fused-ring (bicyclic) bond motifs is 1. The van der Waals surface area contributed by atoms with Gasteiger partial charge in [0.15, 0.2) is 0 Å². The van der Waals surface area contributed by atoms with Crippen molar-refractivity contribution in [2.24, 2.45) is 5.92 Å². The van der Waals surface area contributed by atoms with Crippen LogP contribution in [-0.2, 0) is 0 Å². The van der Waals surface area contributed by atoms with Crippen LogP contribution >= 0.6 is 0 Å². The minimum Gasteiger partial charge on any atom is -0.493 e. The summed E-state index contributed by atoms with van der Waals surface area (Å²) in [6.07, 6.45) is 3.71. The highest BCUT2D eigenvalue weighted by Crippen LogP contribution is 2.37. The number of para-hydroxylation sites is 1. The number of ether oxygens (including phenoxy) is 1. The van der Waals surface area contributed by atoms with Crippen molar-refractivity contribution in [2.75, 3.05) is 13.2 Å². The number of nitrogens with one attached hydrogen (secondary N) is 1. The van der Waals surface area contributed by atoms with E-state index in [4.69, 9.17) is 4.74 Å². The summed E-state index contributed by atoms with van der Waals surface area (Å²) in [4.78, 5) is 0. The van der Waals surface area contributed by atoms with Crippen LogP contribution in [0.25, 0.3) is 0 Å².